The summed E-state index contributed by atoms with van der Waals surface area (Å²) in [6.45, 7) is 0. The van der Waals surface area contributed by atoms with Crippen molar-refractivity contribution in [3.05, 3.63) is 66.0 Å². The second-order valence-corrected chi connectivity index (χ2v) is 6.41. The van der Waals surface area contributed by atoms with E-state index < -0.39 is 52.4 Å². The maximum atomic E-state index is 14.6. The Morgan fingerprint density at radius 1 is 1.00 bits per heavy atom. The van der Waals surface area contributed by atoms with E-state index in [2.05, 4.69) is 10.1 Å². The van der Waals surface area contributed by atoms with Crippen molar-refractivity contribution in [1.82, 2.24) is 9.99 Å². The lowest BCUT2D eigenvalue weighted by Crippen LogP contribution is -2.69. The summed E-state index contributed by atoms with van der Waals surface area (Å²) >= 11 is 0. The summed E-state index contributed by atoms with van der Waals surface area (Å²) in [7, 11) is 0. The topological polar surface area (TPSA) is 65.8 Å². The number of aliphatic hydroxyl groups is 1. The van der Waals surface area contributed by atoms with E-state index in [0.717, 1.165) is 12.3 Å². The van der Waals surface area contributed by atoms with Crippen LogP contribution in [0.1, 0.15) is 22.3 Å². The van der Waals surface area contributed by atoms with E-state index in [0.29, 0.717) is 0 Å². The SMILES string of the molecule is O=C(c1cccnc1)N1N=C(c2ccccc2)C[C@]1(O)C(F)(F)C(F)(F)C(F)(F)F. The van der Waals surface area contributed by atoms with E-state index in [1.807, 2.05) is 0 Å². The molecule has 0 saturated carbocycles. The molecule has 0 saturated heterocycles. The summed E-state index contributed by atoms with van der Waals surface area (Å²) in [6, 6.07) is 9.22. The highest BCUT2D eigenvalue weighted by Crippen LogP contribution is 2.54. The number of nitrogens with zero attached hydrogens (tertiary/aromatic N) is 3. The van der Waals surface area contributed by atoms with Crippen LogP contribution < -0.4 is 0 Å². The van der Waals surface area contributed by atoms with Crippen LogP contribution in [0.5, 0.6) is 0 Å². The fourth-order valence-corrected chi connectivity index (χ4v) is 2.84. The van der Waals surface area contributed by atoms with Crippen LogP contribution in [0.25, 0.3) is 0 Å². The predicted molar refractivity (Wildman–Crippen MR) is 88.9 cm³/mol. The normalized spacial score (nSPS) is 20.3. The lowest BCUT2D eigenvalue weighted by Gasteiger charge is -2.41. The second-order valence-electron chi connectivity index (χ2n) is 6.41. The van der Waals surface area contributed by atoms with Gasteiger partial charge in [0.2, 0.25) is 5.72 Å². The molecule has 1 aromatic carbocycles. The van der Waals surface area contributed by atoms with Gasteiger partial charge in [0.25, 0.3) is 5.91 Å². The summed E-state index contributed by atoms with van der Waals surface area (Å²) in [4.78, 5) is 16.2. The van der Waals surface area contributed by atoms with Gasteiger partial charge in [0.15, 0.2) is 0 Å². The van der Waals surface area contributed by atoms with Crippen LogP contribution in [0.15, 0.2) is 60.0 Å². The number of aromatic nitrogens is 1. The molecule has 30 heavy (non-hydrogen) atoms. The lowest BCUT2D eigenvalue weighted by atomic mass is 9.91. The highest BCUT2D eigenvalue weighted by Gasteiger charge is 2.82. The molecule has 0 bridgehead atoms. The van der Waals surface area contributed by atoms with E-state index >= 15 is 0 Å². The smallest absolute Gasteiger partial charge is 0.364 e. The molecule has 2 aromatic rings. The minimum Gasteiger partial charge on any atom is -0.364 e. The standard InChI is InChI=1S/C18H12F7N3O2/c19-16(20,17(21,22)18(23,24)25)15(30)9-13(11-5-2-1-3-6-11)27-28(15)14(29)12-7-4-8-26-10-12/h1-8,10,30H,9H2/t15-/m0/s1. The summed E-state index contributed by atoms with van der Waals surface area (Å²) in [5, 5.41) is 13.5. The highest BCUT2D eigenvalue weighted by atomic mass is 19.4. The first kappa shape index (κ1) is 21.7. The Morgan fingerprint density at radius 2 is 1.63 bits per heavy atom. The van der Waals surface area contributed by atoms with Gasteiger partial charge >= 0.3 is 18.0 Å². The van der Waals surface area contributed by atoms with E-state index in [4.69, 9.17) is 0 Å². The molecule has 0 radical (unpaired) electrons. The van der Waals surface area contributed by atoms with Crippen molar-refractivity contribution in [2.75, 3.05) is 0 Å². The molecule has 1 aliphatic rings. The number of halogens is 7. The van der Waals surface area contributed by atoms with Crippen molar-refractivity contribution in [2.45, 2.75) is 30.2 Å². The number of carbonyl (C=O) groups is 1. The summed E-state index contributed by atoms with van der Waals surface area (Å²) in [5.74, 6) is -14.3. The van der Waals surface area contributed by atoms with E-state index in [-0.39, 0.29) is 5.56 Å². The van der Waals surface area contributed by atoms with Gasteiger partial charge in [0, 0.05) is 18.8 Å². The Hall–Kier alpha value is -3.02. The molecule has 1 aromatic heterocycles. The number of alkyl halides is 7. The molecule has 5 nitrogen and oxygen atoms in total. The van der Waals surface area contributed by atoms with Crippen molar-refractivity contribution in [3.63, 3.8) is 0 Å². The van der Waals surface area contributed by atoms with E-state index in [9.17, 15) is 40.6 Å². The molecule has 0 unspecified atom stereocenters. The second kappa shape index (κ2) is 7.04. The molecule has 0 fully saturated rings. The molecule has 1 amide bonds. The quantitative estimate of drug-likeness (QED) is 0.742. The monoisotopic (exact) mass is 435 g/mol. The summed E-state index contributed by atoms with van der Waals surface area (Å²) < 4.78 is 94.9. The van der Waals surface area contributed by atoms with Crippen molar-refractivity contribution in [1.29, 1.82) is 0 Å². The van der Waals surface area contributed by atoms with Crippen LogP contribution in [0, 0.1) is 0 Å². The number of hydrogen-bond acceptors (Lipinski definition) is 4. The summed E-state index contributed by atoms with van der Waals surface area (Å²) in [5.41, 5.74) is -5.19. The molecular weight excluding hydrogens is 423 g/mol. The number of rotatable bonds is 4. The number of benzene rings is 1. The molecule has 3 rings (SSSR count). The first-order valence-corrected chi connectivity index (χ1v) is 8.25. The number of pyridine rings is 1. The number of carbonyl (C=O) groups excluding carboxylic acids is 1. The van der Waals surface area contributed by atoms with Crippen LogP contribution in [-0.4, -0.2) is 50.5 Å². The van der Waals surface area contributed by atoms with Gasteiger partial charge in [-0.15, -0.1) is 0 Å². The van der Waals surface area contributed by atoms with Crippen LogP contribution in [0.2, 0.25) is 0 Å². The van der Waals surface area contributed by atoms with Crippen LogP contribution in [0.3, 0.4) is 0 Å². The molecule has 2 heterocycles. The fraction of sp³-hybridized carbons (Fsp3) is 0.278. The van der Waals surface area contributed by atoms with Crippen molar-refractivity contribution < 1.29 is 40.6 Å². The minimum atomic E-state index is -6.70. The van der Waals surface area contributed by atoms with Gasteiger partial charge in [0.1, 0.15) is 0 Å². The van der Waals surface area contributed by atoms with Crippen LogP contribution >= 0.6 is 0 Å². The van der Waals surface area contributed by atoms with Crippen molar-refractivity contribution in [2.24, 2.45) is 5.10 Å². The third-order valence-corrected chi connectivity index (χ3v) is 4.45. The maximum absolute atomic E-state index is 14.6. The Morgan fingerprint density at radius 3 is 2.17 bits per heavy atom. The van der Waals surface area contributed by atoms with Gasteiger partial charge in [-0.25, -0.2) is 0 Å². The Bertz CT molecular complexity index is 965. The molecule has 1 aliphatic heterocycles. The molecule has 0 aliphatic carbocycles. The third kappa shape index (κ3) is 3.20. The van der Waals surface area contributed by atoms with Crippen LogP contribution in [0.4, 0.5) is 30.7 Å². The van der Waals surface area contributed by atoms with Gasteiger partial charge in [-0.1, -0.05) is 30.3 Å². The number of amides is 1. The van der Waals surface area contributed by atoms with Gasteiger partial charge in [-0.3, -0.25) is 9.78 Å². The minimum absolute atomic E-state index is 0.0449. The Balaban J connectivity index is 2.15. The average Bonchev–Trinajstić information content (AvgIpc) is 3.07. The van der Waals surface area contributed by atoms with E-state index in [1.54, 1.807) is 0 Å². The Kier molecular flexibility index (Phi) is 5.09. The molecule has 0 spiro atoms. The third-order valence-electron chi connectivity index (χ3n) is 4.45. The highest BCUT2D eigenvalue weighted by molar-refractivity contribution is 6.05. The van der Waals surface area contributed by atoms with Crippen molar-refractivity contribution >= 4 is 11.6 Å². The zero-order chi connectivity index (χ0) is 22.4. The molecule has 12 heteroatoms. The Labute approximate surface area is 164 Å². The largest absolute Gasteiger partial charge is 0.460 e. The maximum Gasteiger partial charge on any atom is 0.460 e. The lowest BCUT2D eigenvalue weighted by molar-refractivity contribution is -0.400. The van der Waals surface area contributed by atoms with Gasteiger partial charge in [-0.2, -0.15) is 40.8 Å². The van der Waals surface area contributed by atoms with Crippen molar-refractivity contribution in [3.8, 4) is 0 Å². The van der Waals surface area contributed by atoms with Crippen LogP contribution in [-0.2, 0) is 0 Å². The molecule has 1 N–H and O–H groups in total. The number of hydrazone groups is 1. The predicted octanol–water partition coefficient (Wildman–Crippen LogP) is 3.85. The van der Waals surface area contributed by atoms with Gasteiger partial charge in [0.05, 0.1) is 11.3 Å². The molecule has 160 valence electrons. The molecule has 1 atom stereocenters. The zero-order valence-corrected chi connectivity index (χ0v) is 14.7. The van der Waals surface area contributed by atoms with E-state index in [1.165, 1.54) is 42.6 Å². The summed E-state index contributed by atoms with van der Waals surface area (Å²) in [6.07, 6.45) is -6.11. The van der Waals surface area contributed by atoms with Gasteiger partial charge in [-0.05, 0) is 17.7 Å². The van der Waals surface area contributed by atoms with Gasteiger partial charge < -0.3 is 5.11 Å². The zero-order valence-electron chi connectivity index (χ0n) is 14.7. The molecular formula is C18H12F7N3O2. The average molecular weight is 435 g/mol. The fourth-order valence-electron chi connectivity index (χ4n) is 2.84. The number of hydrogen-bond donors (Lipinski definition) is 1. The first-order valence-electron chi connectivity index (χ1n) is 8.25. The first-order chi connectivity index (χ1) is 13.8.